The van der Waals surface area contributed by atoms with E-state index >= 15 is 0 Å². The van der Waals surface area contributed by atoms with Crippen molar-refractivity contribution in [3.63, 3.8) is 0 Å². The van der Waals surface area contributed by atoms with Gasteiger partial charge in [0.2, 0.25) is 5.91 Å². The minimum atomic E-state index is -0.511. The zero-order chi connectivity index (χ0) is 20.3. The smallest absolute Gasteiger partial charge is 0.270 e. The molecule has 0 spiro atoms. The van der Waals surface area contributed by atoms with Crippen molar-refractivity contribution < 1.29 is 14.5 Å². The highest BCUT2D eigenvalue weighted by molar-refractivity contribution is 14.1. The Morgan fingerprint density at radius 1 is 1.25 bits per heavy atom. The SMILES string of the molecule is Cc1ccnc(NC(=O)C2CCN(C(=O)c3cc([N+](=O)[O-])ccc3I)CC2)c1. The first-order chi connectivity index (χ1) is 13.3. The number of benzene rings is 1. The van der Waals surface area contributed by atoms with Gasteiger partial charge in [-0.3, -0.25) is 19.7 Å². The van der Waals surface area contributed by atoms with Gasteiger partial charge in [0.25, 0.3) is 11.6 Å². The third kappa shape index (κ3) is 4.64. The van der Waals surface area contributed by atoms with Crippen molar-refractivity contribution in [1.29, 1.82) is 0 Å². The third-order valence-electron chi connectivity index (χ3n) is 4.71. The van der Waals surface area contributed by atoms with Crippen LogP contribution in [0.15, 0.2) is 36.5 Å². The van der Waals surface area contributed by atoms with Crippen molar-refractivity contribution in [3.8, 4) is 0 Å². The highest BCUT2D eigenvalue weighted by atomic mass is 127. The Balaban J connectivity index is 1.62. The number of likely N-dealkylation sites (tertiary alicyclic amines) is 1. The molecule has 0 bridgehead atoms. The number of halogens is 1. The van der Waals surface area contributed by atoms with Gasteiger partial charge in [0.05, 0.1) is 10.5 Å². The average Bonchev–Trinajstić information content (AvgIpc) is 2.67. The van der Waals surface area contributed by atoms with Gasteiger partial charge in [-0.2, -0.15) is 0 Å². The molecule has 8 nitrogen and oxygen atoms in total. The van der Waals surface area contributed by atoms with Gasteiger partial charge in [0, 0.05) is 40.9 Å². The highest BCUT2D eigenvalue weighted by Crippen LogP contribution is 2.25. The van der Waals surface area contributed by atoms with Crippen LogP contribution < -0.4 is 5.32 Å². The molecule has 1 fully saturated rings. The van der Waals surface area contributed by atoms with Gasteiger partial charge in [-0.1, -0.05) is 0 Å². The summed E-state index contributed by atoms with van der Waals surface area (Å²) in [7, 11) is 0. The molecule has 0 aliphatic carbocycles. The number of aryl methyl sites for hydroxylation is 1. The molecule has 1 N–H and O–H groups in total. The first-order valence-corrected chi connectivity index (χ1v) is 9.90. The first kappa shape index (κ1) is 20.2. The Labute approximate surface area is 175 Å². The maximum Gasteiger partial charge on any atom is 0.270 e. The van der Waals surface area contributed by atoms with Gasteiger partial charge in [-0.15, -0.1) is 0 Å². The Morgan fingerprint density at radius 2 is 1.96 bits per heavy atom. The zero-order valence-corrected chi connectivity index (χ0v) is 17.4. The number of nitro groups is 1. The number of aromatic nitrogens is 1. The van der Waals surface area contributed by atoms with E-state index in [0.717, 1.165) is 5.56 Å². The van der Waals surface area contributed by atoms with Crippen molar-refractivity contribution in [1.82, 2.24) is 9.88 Å². The summed E-state index contributed by atoms with van der Waals surface area (Å²) in [6.45, 7) is 2.78. The number of carbonyl (C=O) groups excluding carboxylic acids is 2. The predicted octanol–water partition coefficient (Wildman–Crippen LogP) is 3.39. The van der Waals surface area contributed by atoms with E-state index in [1.54, 1.807) is 23.2 Å². The molecule has 1 aliphatic heterocycles. The normalized spacial score (nSPS) is 14.6. The lowest BCUT2D eigenvalue weighted by molar-refractivity contribution is -0.384. The topological polar surface area (TPSA) is 105 Å². The minimum Gasteiger partial charge on any atom is -0.339 e. The Bertz CT molecular complexity index is 926. The zero-order valence-electron chi connectivity index (χ0n) is 15.2. The van der Waals surface area contributed by atoms with E-state index in [2.05, 4.69) is 10.3 Å². The summed E-state index contributed by atoms with van der Waals surface area (Å²) in [5.74, 6) is -0.0207. The molecule has 1 saturated heterocycles. The molecule has 9 heteroatoms. The molecule has 0 saturated carbocycles. The lowest BCUT2D eigenvalue weighted by atomic mass is 9.95. The molecule has 3 rings (SSSR count). The Kier molecular flexibility index (Phi) is 6.22. The number of pyridine rings is 1. The van der Waals surface area contributed by atoms with Gasteiger partial charge in [0.1, 0.15) is 5.82 Å². The monoisotopic (exact) mass is 494 g/mol. The largest absolute Gasteiger partial charge is 0.339 e. The van der Waals surface area contributed by atoms with Crippen molar-refractivity contribution in [2.75, 3.05) is 18.4 Å². The molecule has 2 heterocycles. The Morgan fingerprint density at radius 3 is 2.61 bits per heavy atom. The second-order valence-corrected chi connectivity index (χ2v) is 7.86. The number of hydrogen-bond donors (Lipinski definition) is 1. The van der Waals surface area contributed by atoms with Crippen LogP contribution in [-0.4, -0.2) is 39.7 Å². The molecular weight excluding hydrogens is 475 g/mol. The van der Waals surface area contributed by atoms with Crippen LogP contribution in [0.1, 0.15) is 28.8 Å². The van der Waals surface area contributed by atoms with Crippen molar-refractivity contribution in [2.24, 2.45) is 5.92 Å². The molecule has 28 heavy (non-hydrogen) atoms. The second kappa shape index (κ2) is 8.63. The summed E-state index contributed by atoms with van der Waals surface area (Å²) in [6.07, 6.45) is 2.72. The molecule has 146 valence electrons. The quantitative estimate of drug-likeness (QED) is 0.399. The summed E-state index contributed by atoms with van der Waals surface area (Å²) >= 11 is 2.00. The van der Waals surface area contributed by atoms with Crippen LogP contribution in [0.2, 0.25) is 0 Å². The van der Waals surface area contributed by atoms with Gasteiger partial charge in [-0.25, -0.2) is 4.98 Å². The molecule has 2 aromatic rings. The number of nitrogens with zero attached hydrogens (tertiary/aromatic N) is 3. The number of hydrogen-bond acceptors (Lipinski definition) is 5. The van der Waals surface area contributed by atoms with Crippen LogP contribution in [-0.2, 0) is 4.79 Å². The Hall–Kier alpha value is -2.56. The molecule has 1 aromatic heterocycles. The fourth-order valence-electron chi connectivity index (χ4n) is 3.14. The van der Waals surface area contributed by atoms with Crippen molar-refractivity contribution >= 4 is 45.9 Å². The maximum atomic E-state index is 12.8. The fraction of sp³-hybridized carbons (Fsp3) is 0.316. The van der Waals surface area contributed by atoms with E-state index < -0.39 is 4.92 Å². The number of amides is 2. The van der Waals surface area contributed by atoms with E-state index in [1.165, 1.54) is 12.1 Å². The summed E-state index contributed by atoms with van der Waals surface area (Å²) in [5.41, 5.74) is 1.22. The molecule has 1 aromatic carbocycles. The highest BCUT2D eigenvalue weighted by Gasteiger charge is 2.29. The van der Waals surface area contributed by atoms with E-state index in [4.69, 9.17) is 0 Å². The number of anilines is 1. The number of non-ortho nitro benzene ring substituents is 1. The average molecular weight is 494 g/mol. The molecule has 2 amide bonds. The molecule has 0 radical (unpaired) electrons. The summed E-state index contributed by atoms with van der Waals surface area (Å²) < 4.78 is 0.665. The maximum absolute atomic E-state index is 12.8. The van der Waals surface area contributed by atoms with E-state index in [9.17, 15) is 19.7 Å². The standard InChI is InChI=1S/C19H19IN4O4/c1-12-4-7-21-17(10-12)22-18(25)13-5-8-23(9-6-13)19(26)15-11-14(24(27)28)2-3-16(15)20/h2-4,7,10-11,13H,5-6,8-9H2,1H3,(H,21,22,25). The van der Waals surface area contributed by atoms with E-state index in [1.807, 2.05) is 35.6 Å². The van der Waals surface area contributed by atoms with Gasteiger partial charge in [0.15, 0.2) is 0 Å². The minimum absolute atomic E-state index is 0.102. The van der Waals surface area contributed by atoms with Crippen LogP contribution in [0.3, 0.4) is 0 Å². The van der Waals surface area contributed by atoms with Crippen LogP contribution in [0.25, 0.3) is 0 Å². The number of carbonyl (C=O) groups is 2. The van der Waals surface area contributed by atoms with Gasteiger partial charge >= 0.3 is 0 Å². The van der Waals surface area contributed by atoms with Crippen LogP contribution in [0, 0.1) is 26.5 Å². The van der Waals surface area contributed by atoms with E-state index in [-0.39, 0.29) is 23.4 Å². The predicted molar refractivity (Wildman–Crippen MR) is 112 cm³/mol. The van der Waals surface area contributed by atoms with Crippen molar-refractivity contribution in [2.45, 2.75) is 19.8 Å². The van der Waals surface area contributed by atoms with Crippen LogP contribution in [0.5, 0.6) is 0 Å². The lowest BCUT2D eigenvalue weighted by Crippen LogP contribution is -2.41. The molecule has 0 unspecified atom stereocenters. The van der Waals surface area contributed by atoms with Crippen LogP contribution in [0.4, 0.5) is 11.5 Å². The molecule has 0 atom stereocenters. The van der Waals surface area contributed by atoms with Crippen LogP contribution >= 0.6 is 22.6 Å². The third-order valence-corrected chi connectivity index (χ3v) is 5.65. The number of piperidine rings is 1. The molecular formula is C19H19IN4O4. The second-order valence-electron chi connectivity index (χ2n) is 6.70. The fourth-order valence-corrected chi connectivity index (χ4v) is 3.70. The van der Waals surface area contributed by atoms with Gasteiger partial charge in [-0.05, 0) is 66.1 Å². The first-order valence-electron chi connectivity index (χ1n) is 8.82. The number of nitrogens with one attached hydrogen (secondary N) is 1. The number of rotatable bonds is 4. The summed E-state index contributed by atoms with van der Waals surface area (Å²) in [6, 6.07) is 7.93. The summed E-state index contributed by atoms with van der Waals surface area (Å²) in [4.78, 5) is 41.5. The van der Waals surface area contributed by atoms with E-state index in [0.29, 0.717) is 40.9 Å². The molecule has 1 aliphatic rings. The number of nitro benzene ring substituents is 1. The summed E-state index contributed by atoms with van der Waals surface area (Å²) in [5, 5.41) is 13.8. The lowest BCUT2D eigenvalue weighted by Gasteiger charge is -2.31. The van der Waals surface area contributed by atoms with Crippen molar-refractivity contribution in [3.05, 3.63) is 61.3 Å². The van der Waals surface area contributed by atoms with Gasteiger partial charge < -0.3 is 10.2 Å².